The average molecular weight is 338 g/mol. The van der Waals surface area contributed by atoms with E-state index in [0.717, 1.165) is 5.56 Å². The molecule has 1 aromatic heterocycles. The monoisotopic (exact) mass is 338 g/mol. The minimum Gasteiger partial charge on any atom is -0.497 e. The molecule has 0 amide bonds. The van der Waals surface area contributed by atoms with Crippen LogP contribution in [0.4, 0.5) is 0 Å². The van der Waals surface area contributed by atoms with Gasteiger partial charge < -0.3 is 13.9 Å². The molecule has 0 fully saturated rings. The first kappa shape index (κ1) is 16.8. The fourth-order valence-corrected chi connectivity index (χ4v) is 2.90. The highest BCUT2D eigenvalue weighted by molar-refractivity contribution is 5.89. The van der Waals surface area contributed by atoms with E-state index < -0.39 is 17.5 Å². The largest absolute Gasteiger partial charge is 0.497 e. The highest BCUT2D eigenvalue weighted by Crippen LogP contribution is 2.30. The average Bonchev–Trinajstić information content (AvgIpc) is 2.65. The number of fused-ring (bicyclic) bond motifs is 1. The molecule has 2 aromatic carbocycles. The van der Waals surface area contributed by atoms with Crippen molar-refractivity contribution in [2.75, 3.05) is 14.2 Å². The lowest BCUT2D eigenvalue weighted by atomic mass is 9.90. The maximum atomic E-state index is 12.4. The molecule has 0 radical (unpaired) electrons. The zero-order valence-corrected chi connectivity index (χ0v) is 14.0. The second-order valence-electron chi connectivity index (χ2n) is 5.65. The molecule has 128 valence electrons. The van der Waals surface area contributed by atoms with Crippen LogP contribution >= 0.6 is 0 Å². The van der Waals surface area contributed by atoms with Crippen molar-refractivity contribution in [3.63, 3.8) is 0 Å². The number of hydrogen-bond donors (Lipinski definition) is 0. The molecule has 5 heteroatoms. The molecule has 0 aliphatic carbocycles. The Labute approximate surface area is 144 Å². The fourth-order valence-electron chi connectivity index (χ4n) is 2.90. The summed E-state index contributed by atoms with van der Waals surface area (Å²) in [6, 6.07) is 16.2. The van der Waals surface area contributed by atoms with E-state index in [0.29, 0.717) is 28.7 Å². The molecular weight excluding hydrogens is 320 g/mol. The predicted octanol–water partition coefficient (Wildman–Crippen LogP) is 3.30. The summed E-state index contributed by atoms with van der Waals surface area (Å²) >= 11 is 0. The summed E-state index contributed by atoms with van der Waals surface area (Å²) in [6.45, 7) is 0. The Morgan fingerprint density at radius 2 is 1.84 bits per heavy atom. The zero-order chi connectivity index (χ0) is 17.8. The summed E-state index contributed by atoms with van der Waals surface area (Å²) in [5, 5.41) is 0.687. The molecule has 0 aliphatic heterocycles. The van der Waals surface area contributed by atoms with Gasteiger partial charge >= 0.3 is 11.6 Å². The van der Waals surface area contributed by atoms with Crippen LogP contribution in [0.1, 0.15) is 17.0 Å². The summed E-state index contributed by atoms with van der Waals surface area (Å²) in [7, 11) is 2.88. The third-order valence-electron chi connectivity index (χ3n) is 4.13. The van der Waals surface area contributed by atoms with E-state index in [1.165, 1.54) is 20.3 Å². The summed E-state index contributed by atoms with van der Waals surface area (Å²) < 4.78 is 15.4. The molecule has 0 spiro atoms. The number of carbonyl (C=O) groups excluding carboxylic acids is 1. The number of benzene rings is 2. The number of carbonyl (C=O) groups is 1. The molecule has 3 rings (SSSR count). The normalized spacial score (nSPS) is 11.9. The van der Waals surface area contributed by atoms with Crippen molar-refractivity contribution in [2.45, 2.75) is 12.3 Å². The van der Waals surface area contributed by atoms with Gasteiger partial charge in [0.15, 0.2) is 0 Å². The number of methoxy groups -OCH3 is 2. The van der Waals surface area contributed by atoms with Crippen LogP contribution in [0, 0.1) is 0 Å². The van der Waals surface area contributed by atoms with E-state index in [4.69, 9.17) is 13.9 Å². The summed E-state index contributed by atoms with van der Waals surface area (Å²) in [5.41, 5.74) is 1.43. The smallest absolute Gasteiger partial charge is 0.336 e. The van der Waals surface area contributed by atoms with Gasteiger partial charge in [-0.05, 0) is 29.7 Å². The minimum absolute atomic E-state index is 0.379. The van der Waals surface area contributed by atoms with E-state index in [-0.39, 0.29) is 0 Å². The number of esters is 1. The first-order valence-electron chi connectivity index (χ1n) is 7.86. The van der Waals surface area contributed by atoms with E-state index in [1.54, 1.807) is 18.2 Å². The van der Waals surface area contributed by atoms with Gasteiger partial charge in [-0.2, -0.15) is 0 Å². The molecule has 0 saturated heterocycles. The summed E-state index contributed by atoms with van der Waals surface area (Å²) in [6.07, 6.45) is 0.429. The van der Waals surface area contributed by atoms with Gasteiger partial charge in [-0.15, -0.1) is 0 Å². The Balaban J connectivity index is 2.15. The number of rotatable bonds is 5. The van der Waals surface area contributed by atoms with Crippen molar-refractivity contribution < 1.29 is 18.7 Å². The third-order valence-corrected chi connectivity index (χ3v) is 4.13. The Morgan fingerprint density at radius 3 is 2.52 bits per heavy atom. The summed E-state index contributed by atoms with van der Waals surface area (Å²) in [5.74, 6) is -0.426. The maximum Gasteiger partial charge on any atom is 0.336 e. The van der Waals surface area contributed by atoms with Gasteiger partial charge in [0, 0.05) is 17.5 Å². The second kappa shape index (κ2) is 7.21. The quantitative estimate of drug-likeness (QED) is 0.527. The Kier molecular flexibility index (Phi) is 4.84. The Bertz CT molecular complexity index is 943. The third kappa shape index (κ3) is 3.55. The molecule has 0 bridgehead atoms. The minimum atomic E-state index is -0.604. The van der Waals surface area contributed by atoms with Crippen molar-refractivity contribution in [3.05, 3.63) is 76.1 Å². The van der Waals surface area contributed by atoms with Crippen LogP contribution in [0.5, 0.6) is 5.75 Å². The molecule has 3 aromatic rings. The lowest BCUT2D eigenvalue weighted by Gasteiger charge is -2.17. The highest BCUT2D eigenvalue weighted by atomic mass is 16.5. The fraction of sp³-hybridized carbons (Fsp3) is 0.200. The SMILES string of the molecule is COC(=O)[C@H](Cc1ccccc1)c1cc(=O)oc2cc(OC)ccc12. The molecule has 1 heterocycles. The predicted molar refractivity (Wildman–Crippen MR) is 93.9 cm³/mol. The maximum absolute atomic E-state index is 12.4. The van der Waals surface area contributed by atoms with E-state index >= 15 is 0 Å². The topological polar surface area (TPSA) is 65.7 Å². The Hall–Kier alpha value is -3.08. The lowest BCUT2D eigenvalue weighted by Crippen LogP contribution is -2.19. The van der Waals surface area contributed by atoms with Crippen molar-refractivity contribution in [3.8, 4) is 5.75 Å². The lowest BCUT2D eigenvalue weighted by molar-refractivity contribution is -0.142. The Morgan fingerprint density at radius 1 is 1.08 bits per heavy atom. The highest BCUT2D eigenvalue weighted by Gasteiger charge is 2.25. The van der Waals surface area contributed by atoms with E-state index in [9.17, 15) is 9.59 Å². The van der Waals surface area contributed by atoms with Gasteiger partial charge in [-0.25, -0.2) is 4.79 Å². The first-order chi connectivity index (χ1) is 12.1. The molecule has 5 nitrogen and oxygen atoms in total. The van der Waals surface area contributed by atoms with Gasteiger partial charge in [0.05, 0.1) is 20.1 Å². The van der Waals surface area contributed by atoms with Crippen LogP contribution in [-0.2, 0) is 16.0 Å². The van der Waals surface area contributed by atoms with Crippen LogP contribution in [-0.4, -0.2) is 20.2 Å². The van der Waals surface area contributed by atoms with Crippen molar-refractivity contribution in [1.29, 1.82) is 0 Å². The van der Waals surface area contributed by atoms with Crippen LogP contribution in [0.2, 0.25) is 0 Å². The molecule has 1 atom stereocenters. The van der Waals surface area contributed by atoms with Crippen molar-refractivity contribution in [2.24, 2.45) is 0 Å². The van der Waals surface area contributed by atoms with Gasteiger partial charge in [0.2, 0.25) is 0 Å². The van der Waals surface area contributed by atoms with Crippen LogP contribution in [0.25, 0.3) is 11.0 Å². The number of hydrogen-bond acceptors (Lipinski definition) is 5. The molecule has 0 N–H and O–H groups in total. The van der Waals surface area contributed by atoms with Gasteiger partial charge in [0.25, 0.3) is 0 Å². The van der Waals surface area contributed by atoms with Crippen LogP contribution < -0.4 is 10.4 Å². The number of ether oxygens (including phenoxy) is 2. The standard InChI is InChI=1S/C20H18O5/c1-23-14-8-9-15-16(12-19(21)25-18(15)11-14)17(20(22)24-2)10-13-6-4-3-5-7-13/h3-9,11-12,17H,10H2,1-2H3/t17-/m1/s1. The first-order valence-corrected chi connectivity index (χ1v) is 7.86. The summed E-state index contributed by atoms with van der Waals surface area (Å²) in [4.78, 5) is 24.4. The van der Waals surface area contributed by atoms with Gasteiger partial charge in [0.1, 0.15) is 11.3 Å². The van der Waals surface area contributed by atoms with Crippen LogP contribution in [0.3, 0.4) is 0 Å². The second-order valence-corrected chi connectivity index (χ2v) is 5.65. The molecule has 0 aliphatic rings. The van der Waals surface area contributed by atoms with E-state index in [2.05, 4.69) is 0 Å². The molecule has 25 heavy (non-hydrogen) atoms. The molecule has 0 unspecified atom stereocenters. The van der Waals surface area contributed by atoms with Crippen LogP contribution in [0.15, 0.2) is 63.8 Å². The molecular formula is C20H18O5. The van der Waals surface area contributed by atoms with E-state index in [1.807, 2.05) is 30.3 Å². The van der Waals surface area contributed by atoms with Gasteiger partial charge in [-0.3, -0.25) is 4.79 Å². The van der Waals surface area contributed by atoms with Crippen molar-refractivity contribution >= 4 is 16.9 Å². The van der Waals surface area contributed by atoms with Crippen molar-refractivity contribution in [1.82, 2.24) is 0 Å². The molecule has 0 saturated carbocycles. The van der Waals surface area contributed by atoms with Gasteiger partial charge in [-0.1, -0.05) is 30.3 Å². The zero-order valence-electron chi connectivity index (χ0n) is 14.0.